The topological polar surface area (TPSA) is 38.9 Å². The van der Waals surface area contributed by atoms with Crippen LogP contribution in [0.5, 0.6) is 0 Å². The highest BCUT2D eigenvalue weighted by Gasteiger charge is 2.27. The first-order valence-corrected chi connectivity index (χ1v) is 12.5. The zero-order chi connectivity index (χ0) is 30.9. The molecule has 3 heteroatoms. The van der Waals surface area contributed by atoms with Gasteiger partial charge < -0.3 is 4.42 Å². The van der Waals surface area contributed by atoms with Gasteiger partial charge in [0.1, 0.15) is 5.58 Å². The van der Waals surface area contributed by atoms with E-state index in [0.29, 0.717) is 27.8 Å². The van der Waals surface area contributed by atoms with Crippen LogP contribution >= 0.6 is 0 Å². The molecule has 0 unspecified atom stereocenters. The fraction of sp³-hybridized carbons (Fsp3) is 0.333. The third-order valence-corrected chi connectivity index (χ3v) is 7.68. The van der Waals surface area contributed by atoms with Crippen molar-refractivity contribution in [2.45, 2.75) is 66.1 Å². The average Bonchev–Trinajstić information content (AvgIpc) is 3.32. The lowest BCUT2D eigenvalue weighted by atomic mass is 9.71. The Labute approximate surface area is 223 Å². The zero-order valence-electron chi connectivity index (χ0n) is 27.9. The number of furan rings is 1. The van der Waals surface area contributed by atoms with Gasteiger partial charge in [-0.15, -0.1) is 0 Å². The van der Waals surface area contributed by atoms with Gasteiger partial charge in [0.05, 0.1) is 5.69 Å². The molecule has 1 saturated carbocycles. The van der Waals surface area contributed by atoms with Gasteiger partial charge >= 0.3 is 0 Å². The molecule has 5 aromatic rings. The maximum Gasteiger partial charge on any atom is 0.227 e. The zero-order valence-corrected chi connectivity index (χ0v) is 20.9. The highest BCUT2D eigenvalue weighted by molar-refractivity contribution is 6.08. The summed E-state index contributed by atoms with van der Waals surface area (Å²) in [6, 6.07) is 16.5. The largest absolute Gasteiger partial charge is 0.437 e. The number of nitrogens with zero attached hydrogens (tertiary/aromatic N) is 2. The van der Waals surface area contributed by atoms with E-state index in [2.05, 4.69) is 23.8 Å². The molecule has 182 valence electrons. The van der Waals surface area contributed by atoms with Crippen molar-refractivity contribution >= 4 is 22.1 Å². The second-order valence-corrected chi connectivity index (χ2v) is 10.7. The monoisotopic (exact) mass is 481 g/mol. The standard InChI is InChI=1S/C33H34N2O/c1-20-17-24(23-13-15-33(4,5)16-14-23)10-12-25(20)29-18-30(34-19-21(29)2)28-8-6-7-26-27-11-9-22(3)35-32(27)36-31(26)28/h6-12,17-19,23H,13-16H2,1-5H3/i2D3,3D3,23D. The first-order valence-electron chi connectivity index (χ1n) is 16.0. The number of aromatic nitrogens is 2. The first kappa shape index (κ1) is 16.3. The van der Waals surface area contributed by atoms with Crippen molar-refractivity contribution in [1.82, 2.24) is 9.97 Å². The van der Waals surface area contributed by atoms with Gasteiger partial charge in [0.15, 0.2) is 0 Å². The van der Waals surface area contributed by atoms with E-state index >= 15 is 0 Å². The number of hydrogen-bond donors (Lipinski definition) is 0. The van der Waals surface area contributed by atoms with E-state index in [1.165, 1.54) is 12.3 Å². The summed E-state index contributed by atoms with van der Waals surface area (Å²) < 4.78 is 63.2. The van der Waals surface area contributed by atoms with E-state index in [0.717, 1.165) is 47.8 Å². The summed E-state index contributed by atoms with van der Waals surface area (Å²) in [5, 5.41) is 1.45. The van der Waals surface area contributed by atoms with Gasteiger partial charge in [-0.1, -0.05) is 44.2 Å². The number of aryl methyl sites for hydroxylation is 3. The lowest BCUT2D eigenvalue weighted by molar-refractivity contribution is 0.224. The number of benzene rings is 2. The number of pyridine rings is 2. The highest BCUT2D eigenvalue weighted by atomic mass is 16.3. The van der Waals surface area contributed by atoms with Crippen LogP contribution < -0.4 is 0 Å². The predicted molar refractivity (Wildman–Crippen MR) is 149 cm³/mol. The van der Waals surface area contributed by atoms with E-state index in [4.69, 9.17) is 12.6 Å². The minimum atomic E-state index is -2.39. The molecule has 0 aliphatic heterocycles. The number of hydrogen-bond acceptors (Lipinski definition) is 3. The van der Waals surface area contributed by atoms with E-state index in [-0.39, 0.29) is 22.4 Å². The van der Waals surface area contributed by atoms with Crippen molar-refractivity contribution in [3.63, 3.8) is 0 Å². The molecule has 0 N–H and O–H groups in total. The Hall–Kier alpha value is -3.46. The molecule has 2 aromatic carbocycles. The molecule has 6 rings (SSSR count). The molecule has 0 radical (unpaired) electrons. The Morgan fingerprint density at radius 3 is 2.56 bits per heavy atom. The summed E-state index contributed by atoms with van der Waals surface area (Å²) in [4.78, 5) is 8.83. The molecule has 3 aromatic heterocycles. The molecule has 0 atom stereocenters. The van der Waals surface area contributed by atoms with Crippen LogP contribution in [0.1, 0.15) is 77.4 Å². The molecule has 1 aliphatic carbocycles. The van der Waals surface area contributed by atoms with E-state index in [1.807, 2.05) is 43.3 Å². The van der Waals surface area contributed by atoms with Crippen molar-refractivity contribution in [2.24, 2.45) is 5.41 Å². The second kappa shape index (κ2) is 8.58. The van der Waals surface area contributed by atoms with Crippen LogP contribution in [0.4, 0.5) is 0 Å². The molecule has 3 nitrogen and oxygen atoms in total. The van der Waals surface area contributed by atoms with Crippen molar-refractivity contribution < 1.29 is 14.0 Å². The van der Waals surface area contributed by atoms with Gasteiger partial charge in [-0.25, -0.2) is 4.98 Å². The molecule has 0 amide bonds. The van der Waals surface area contributed by atoms with Gasteiger partial charge in [-0.3, -0.25) is 4.98 Å². The number of para-hydroxylation sites is 1. The summed E-state index contributed by atoms with van der Waals surface area (Å²) in [7, 11) is 0. The Morgan fingerprint density at radius 2 is 1.78 bits per heavy atom. The van der Waals surface area contributed by atoms with Crippen molar-refractivity contribution in [3.05, 3.63) is 83.2 Å². The first-order chi connectivity index (χ1) is 20.1. The maximum atomic E-state index is 9.22. The highest BCUT2D eigenvalue weighted by Crippen LogP contribution is 2.43. The smallest absolute Gasteiger partial charge is 0.227 e. The summed E-state index contributed by atoms with van der Waals surface area (Å²) in [6.45, 7) is 1.73. The molecule has 36 heavy (non-hydrogen) atoms. The molecular formula is C33H34N2O. The van der Waals surface area contributed by atoms with Crippen molar-refractivity contribution in [2.75, 3.05) is 0 Å². The van der Waals surface area contributed by atoms with E-state index in [1.54, 1.807) is 12.1 Å². The van der Waals surface area contributed by atoms with E-state index in [9.17, 15) is 1.37 Å². The minimum absolute atomic E-state index is 0.0478. The van der Waals surface area contributed by atoms with Crippen molar-refractivity contribution in [3.8, 4) is 22.4 Å². The Balaban J connectivity index is 1.47. The SMILES string of the molecule is [2H]C([2H])([2H])c1ccc2c(n1)oc1c(-c3cc(-c4ccc(C5([2H])CCC(C)(C)CC5)cc4C)c(C([2H])([2H])[2H])cn3)cccc12. The van der Waals surface area contributed by atoms with Crippen molar-refractivity contribution in [1.29, 1.82) is 0 Å². The fourth-order valence-electron chi connectivity index (χ4n) is 5.41. The minimum Gasteiger partial charge on any atom is -0.437 e. The number of rotatable bonds is 3. The molecule has 1 fully saturated rings. The maximum absolute atomic E-state index is 9.22. The summed E-state index contributed by atoms with van der Waals surface area (Å²) in [5.41, 5.74) is 5.43. The molecule has 0 bridgehead atoms. The second-order valence-electron chi connectivity index (χ2n) is 10.7. The third-order valence-electron chi connectivity index (χ3n) is 7.68. The Morgan fingerprint density at radius 1 is 0.917 bits per heavy atom. The predicted octanol–water partition coefficient (Wildman–Crippen LogP) is 9.32. The summed E-state index contributed by atoms with van der Waals surface area (Å²) >= 11 is 0. The van der Waals surface area contributed by atoms with Gasteiger partial charge in [0, 0.05) is 37.8 Å². The van der Waals surface area contributed by atoms with E-state index < -0.39 is 19.6 Å². The van der Waals surface area contributed by atoms with Crippen LogP contribution in [-0.2, 0) is 0 Å². The summed E-state index contributed by atoms with van der Waals surface area (Å²) in [5.74, 6) is -0.653. The van der Waals surface area contributed by atoms with Crippen LogP contribution in [0.25, 0.3) is 44.5 Å². The normalized spacial score (nSPS) is 20.6. The number of fused-ring (bicyclic) bond motifs is 3. The van der Waals surface area contributed by atoms with Crippen LogP contribution in [0, 0.1) is 26.0 Å². The third kappa shape index (κ3) is 4.01. The average molecular weight is 482 g/mol. The molecular weight excluding hydrogens is 440 g/mol. The van der Waals surface area contributed by atoms with Crippen LogP contribution in [0.15, 0.2) is 65.2 Å². The molecule has 1 aliphatic rings. The van der Waals surface area contributed by atoms with Gasteiger partial charge in [0.2, 0.25) is 5.71 Å². The van der Waals surface area contributed by atoms with Crippen LogP contribution in [-0.4, -0.2) is 9.97 Å². The summed E-state index contributed by atoms with van der Waals surface area (Å²) in [6.07, 6.45) is 4.99. The van der Waals surface area contributed by atoms with Gasteiger partial charge in [0.25, 0.3) is 0 Å². The van der Waals surface area contributed by atoms with Gasteiger partial charge in [-0.05, 0) is 110 Å². The van der Waals surface area contributed by atoms with Crippen LogP contribution in [0.2, 0.25) is 0 Å². The fourth-order valence-corrected chi connectivity index (χ4v) is 5.41. The lowest BCUT2D eigenvalue weighted by Gasteiger charge is -2.34. The molecule has 0 saturated heterocycles. The van der Waals surface area contributed by atoms with Gasteiger partial charge in [-0.2, -0.15) is 0 Å². The Kier molecular flexibility index (Phi) is 3.89. The quantitative estimate of drug-likeness (QED) is 0.258. The Bertz CT molecular complexity index is 1860. The molecule has 3 heterocycles. The van der Waals surface area contributed by atoms with Crippen LogP contribution in [0.3, 0.4) is 0 Å². The molecule has 0 spiro atoms. The lowest BCUT2D eigenvalue weighted by Crippen LogP contribution is -2.20.